The lowest BCUT2D eigenvalue weighted by atomic mass is 10.1. The number of fused-ring (bicyclic) bond motifs is 1. The van der Waals surface area contributed by atoms with Crippen molar-refractivity contribution in [1.29, 1.82) is 0 Å². The van der Waals surface area contributed by atoms with Crippen molar-refractivity contribution in [2.45, 2.75) is 6.42 Å². The number of aromatic nitrogens is 1. The second kappa shape index (κ2) is 10.4. The van der Waals surface area contributed by atoms with E-state index in [1.54, 1.807) is 51.7 Å². The van der Waals surface area contributed by atoms with Gasteiger partial charge in [0.15, 0.2) is 11.5 Å². The summed E-state index contributed by atoms with van der Waals surface area (Å²) in [4.78, 5) is 16.3. The first-order valence-electron chi connectivity index (χ1n) is 10.7. The molecule has 4 rings (SSSR count). The van der Waals surface area contributed by atoms with Crippen molar-refractivity contribution in [3.8, 4) is 17.2 Å². The Labute approximate surface area is 203 Å². The van der Waals surface area contributed by atoms with E-state index < -0.39 is 0 Å². The minimum Gasteiger partial charge on any atom is -0.493 e. The molecule has 0 fully saturated rings. The van der Waals surface area contributed by atoms with Crippen LogP contribution in [0.15, 0.2) is 60.8 Å². The first-order chi connectivity index (χ1) is 16.5. The van der Waals surface area contributed by atoms with Crippen LogP contribution in [0.25, 0.3) is 10.9 Å². The summed E-state index contributed by atoms with van der Waals surface area (Å²) in [5.74, 6) is 1.27. The van der Waals surface area contributed by atoms with Gasteiger partial charge in [-0.3, -0.25) is 4.79 Å². The van der Waals surface area contributed by atoms with Crippen molar-refractivity contribution in [1.82, 2.24) is 10.3 Å². The van der Waals surface area contributed by atoms with Crippen LogP contribution in [0.2, 0.25) is 5.02 Å². The van der Waals surface area contributed by atoms with Crippen molar-refractivity contribution in [3.63, 3.8) is 0 Å². The van der Waals surface area contributed by atoms with E-state index in [0.717, 1.165) is 16.5 Å². The summed E-state index contributed by atoms with van der Waals surface area (Å²) in [6, 6.07) is 16.7. The molecule has 176 valence electrons. The molecule has 0 radical (unpaired) electrons. The number of hydrogen-bond donors (Lipinski definition) is 3. The summed E-state index contributed by atoms with van der Waals surface area (Å²) >= 11 is 6.24. The number of nitrogens with one attached hydrogen (secondary N) is 3. The van der Waals surface area contributed by atoms with Gasteiger partial charge in [-0.2, -0.15) is 0 Å². The van der Waals surface area contributed by atoms with Gasteiger partial charge in [0, 0.05) is 46.5 Å². The fourth-order valence-electron chi connectivity index (χ4n) is 3.87. The minimum atomic E-state index is -0.202. The smallest absolute Gasteiger partial charge is 0.253 e. The lowest BCUT2D eigenvalue weighted by Gasteiger charge is -2.17. The average molecular weight is 480 g/mol. The molecule has 0 bridgehead atoms. The Balaban J connectivity index is 1.52. The maximum atomic E-state index is 13.0. The highest BCUT2D eigenvalue weighted by atomic mass is 35.5. The molecule has 34 heavy (non-hydrogen) atoms. The number of carbonyl (C=O) groups excluding carboxylic acids is 1. The molecule has 8 heteroatoms. The molecule has 0 saturated carbocycles. The largest absolute Gasteiger partial charge is 0.493 e. The van der Waals surface area contributed by atoms with E-state index in [2.05, 4.69) is 21.7 Å². The molecule has 0 spiro atoms. The third-order valence-electron chi connectivity index (χ3n) is 5.52. The summed E-state index contributed by atoms with van der Waals surface area (Å²) in [7, 11) is 4.64. The van der Waals surface area contributed by atoms with E-state index in [0.29, 0.717) is 52.2 Å². The zero-order valence-electron chi connectivity index (χ0n) is 19.2. The van der Waals surface area contributed by atoms with Gasteiger partial charge in [-0.15, -0.1) is 0 Å². The SMILES string of the molecule is COc1cc(Nc2cc(Cl)ccc2C(=O)NCCc2c[nH]c3ccccc23)cc(OC)c1OC. The highest BCUT2D eigenvalue weighted by molar-refractivity contribution is 6.31. The van der Waals surface area contributed by atoms with Crippen LogP contribution >= 0.6 is 11.6 Å². The van der Waals surface area contributed by atoms with Crippen molar-refractivity contribution in [3.05, 3.63) is 76.9 Å². The molecule has 3 N–H and O–H groups in total. The lowest BCUT2D eigenvalue weighted by Crippen LogP contribution is -2.26. The minimum absolute atomic E-state index is 0.202. The van der Waals surface area contributed by atoms with E-state index in [9.17, 15) is 4.79 Å². The summed E-state index contributed by atoms with van der Waals surface area (Å²) < 4.78 is 16.2. The number of carbonyl (C=O) groups is 1. The van der Waals surface area contributed by atoms with Gasteiger partial charge in [-0.25, -0.2) is 0 Å². The highest BCUT2D eigenvalue weighted by Gasteiger charge is 2.16. The number of H-pyrrole nitrogens is 1. The maximum Gasteiger partial charge on any atom is 0.253 e. The lowest BCUT2D eigenvalue weighted by molar-refractivity contribution is 0.0955. The van der Waals surface area contributed by atoms with Crippen LogP contribution in [0.1, 0.15) is 15.9 Å². The second-order valence-corrected chi connectivity index (χ2v) is 8.03. The van der Waals surface area contributed by atoms with E-state index in [1.165, 1.54) is 0 Å². The van der Waals surface area contributed by atoms with Gasteiger partial charge >= 0.3 is 0 Å². The van der Waals surface area contributed by atoms with E-state index in [-0.39, 0.29) is 5.91 Å². The molecular weight excluding hydrogens is 454 g/mol. The number of benzene rings is 3. The Morgan fingerprint density at radius 3 is 2.41 bits per heavy atom. The van der Waals surface area contributed by atoms with Crippen molar-refractivity contribution < 1.29 is 19.0 Å². The predicted molar refractivity (Wildman–Crippen MR) is 135 cm³/mol. The van der Waals surface area contributed by atoms with Gasteiger partial charge in [-0.05, 0) is 36.2 Å². The number of amides is 1. The number of halogens is 1. The quantitative estimate of drug-likeness (QED) is 0.292. The standard InChI is InChI=1S/C26H26ClN3O4/c1-32-23-13-18(14-24(33-2)25(23)34-3)30-22-12-17(27)8-9-20(22)26(31)28-11-10-16-15-29-21-7-5-4-6-19(16)21/h4-9,12-15,29-30H,10-11H2,1-3H3,(H,28,31). The summed E-state index contributed by atoms with van der Waals surface area (Å²) in [6.07, 6.45) is 2.69. The molecule has 0 aliphatic rings. The normalized spacial score (nSPS) is 10.7. The number of hydrogen-bond acceptors (Lipinski definition) is 5. The topological polar surface area (TPSA) is 84.6 Å². The maximum absolute atomic E-state index is 13.0. The molecular formula is C26H26ClN3O4. The Morgan fingerprint density at radius 2 is 1.71 bits per heavy atom. The van der Waals surface area contributed by atoms with Gasteiger partial charge < -0.3 is 29.8 Å². The third kappa shape index (κ3) is 4.89. The highest BCUT2D eigenvalue weighted by Crippen LogP contribution is 2.41. The van der Waals surface area contributed by atoms with Gasteiger partial charge in [0.25, 0.3) is 5.91 Å². The van der Waals surface area contributed by atoms with Crippen LogP contribution in [0.4, 0.5) is 11.4 Å². The Morgan fingerprint density at radius 1 is 0.971 bits per heavy atom. The fourth-order valence-corrected chi connectivity index (χ4v) is 4.04. The number of anilines is 2. The zero-order valence-corrected chi connectivity index (χ0v) is 20.0. The first-order valence-corrected chi connectivity index (χ1v) is 11.1. The molecule has 0 unspecified atom stereocenters. The van der Waals surface area contributed by atoms with Gasteiger partial charge in [-0.1, -0.05) is 29.8 Å². The Hall–Kier alpha value is -3.84. The predicted octanol–water partition coefficient (Wildman–Crippen LogP) is 5.56. The molecule has 0 atom stereocenters. The third-order valence-corrected chi connectivity index (χ3v) is 5.76. The van der Waals surface area contributed by atoms with Crippen molar-refractivity contribution in [2.75, 3.05) is 33.2 Å². The summed E-state index contributed by atoms with van der Waals surface area (Å²) in [5.41, 5.74) is 3.93. The molecule has 0 aliphatic carbocycles. The molecule has 1 heterocycles. The molecule has 1 amide bonds. The monoisotopic (exact) mass is 479 g/mol. The molecule has 1 aromatic heterocycles. The number of rotatable bonds is 9. The van der Waals surface area contributed by atoms with Gasteiger partial charge in [0.2, 0.25) is 5.75 Å². The molecule has 0 saturated heterocycles. The van der Waals surface area contributed by atoms with Crippen LogP contribution in [-0.4, -0.2) is 38.8 Å². The van der Waals surface area contributed by atoms with Crippen LogP contribution < -0.4 is 24.8 Å². The van der Waals surface area contributed by atoms with Crippen molar-refractivity contribution in [2.24, 2.45) is 0 Å². The fraction of sp³-hybridized carbons (Fsp3) is 0.192. The van der Waals surface area contributed by atoms with Crippen LogP contribution in [-0.2, 0) is 6.42 Å². The van der Waals surface area contributed by atoms with Crippen LogP contribution in [0, 0.1) is 0 Å². The Kier molecular flexibility index (Phi) is 7.13. The van der Waals surface area contributed by atoms with E-state index >= 15 is 0 Å². The average Bonchev–Trinajstić information content (AvgIpc) is 3.26. The number of ether oxygens (including phenoxy) is 3. The van der Waals surface area contributed by atoms with E-state index in [4.69, 9.17) is 25.8 Å². The Bertz CT molecular complexity index is 1290. The van der Waals surface area contributed by atoms with Gasteiger partial charge in [0.05, 0.1) is 32.6 Å². The second-order valence-electron chi connectivity index (χ2n) is 7.59. The first kappa shape index (κ1) is 23.3. The molecule has 7 nitrogen and oxygen atoms in total. The summed E-state index contributed by atoms with van der Waals surface area (Å²) in [5, 5.41) is 7.93. The van der Waals surface area contributed by atoms with Crippen molar-refractivity contribution >= 4 is 39.8 Å². The van der Waals surface area contributed by atoms with Crippen LogP contribution in [0.5, 0.6) is 17.2 Å². The van der Waals surface area contributed by atoms with E-state index in [1.807, 2.05) is 24.4 Å². The van der Waals surface area contributed by atoms with Crippen LogP contribution in [0.3, 0.4) is 0 Å². The molecule has 3 aromatic carbocycles. The van der Waals surface area contributed by atoms with Gasteiger partial charge in [0.1, 0.15) is 0 Å². The molecule has 4 aromatic rings. The number of para-hydroxylation sites is 1. The zero-order chi connectivity index (χ0) is 24.1. The molecule has 0 aliphatic heterocycles. The number of methoxy groups -OCH3 is 3. The number of aromatic amines is 1. The summed E-state index contributed by atoms with van der Waals surface area (Å²) in [6.45, 7) is 0.493.